The fourth-order valence-electron chi connectivity index (χ4n) is 2.16. The zero-order valence-electron chi connectivity index (χ0n) is 12.9. The number of nitro benzene ring substituents is 1. The number of rotatable bonds is 6. The average molecular weight is 280 g/mol. The van der Waals surface area contributed by atoms with Crippen LogP contribution in [0.15, 0.2) is 18.2 Å². The lowest BCUT2D eigenvalue weighted by Gasteiger charge is -2.31. The van der Waals surface area contributed by atoms with E-state index < -0.39 is 0 Å². The first-order chi connectivity index (χ1) is 9.29. The maximum Gasteiger partial charge on any atom is 0.276 e. The maximum absolute atomic E-state index is 11.2. The molecule has 1 aromatic rings. The van der Waals surface area contributed by atoms with E-state index in [0.717, 1.165) is 12.1 Å². The summed E-state index contributed by atoms with van der Waals surface area (Å²) in [6.45, 7) is 9.29. The Morgan fingerprint density at radius 1 is 1.40 bits per heavy atom. The second kappa shape index (κ2) is 6.70. The molecule has 0 aliphatic rings. The second-order valence-corrected chi connectivity index (χ2v) is 5.93. The van der Waals surface area contributed by atoms with E-state index in [9.17, 15) is 10.1 Å². The average Bonchev–Trinajstić information content (AvgIpc) is 2.37. The Morgan fingerprint density at radius 2 is 2.05 bits per heavy atom. The number of benzene rings is 1. The van der Waals surface area contributed by atoms with Gasteiger partial charge in [-0.2, -0.15) is 0 Å². The minimum absolute atomic E-state index is 0.0316. The quantitative estimate of drug-likeness (QED) is 0.642. The molecular formula is C15H24N2O3. The van der Waals surface area contributed by atoms with Gasteiger partial charge in [0.15, 0.2) is 0 Å². The smallest absolute Gasteiger partial charge is 0.276 e. The standard InChI is InChI=1S/C15H24N2O3/c1-6-16-14(15(2,3)4)9-11-7-8-12(20-5)10-13(11)17(18)19/h7-8,10,14,16H,6,9H2,1-5H3. The van der Waals surface area contributed by atoms with Gasteiger partial charge in [-0.15, -0.1) is 0 Å². The fraction of sp³-hybridized carbons (Fsp3) is 0.600. The molecule has 1 rings (SSSR count). The normalized spacial score (nSPS) is 13.1. The predicted octanol–water partition coefficient (Wildman–Crippen LogP) is 3.17. The van der Waals surface area contributed by atoms with Crippen molar-refractivity contribution in [3.05, 3.63) is 33.9 Å². The molecular weight excluding hydrogens is 256 g/mol. The Bertz CT molecular complexity index is 467. The van der Waals surface area contributed by atoms with Crippen molar-refractivity contribution in [3.8, 4) is 5.75 Å². The van der Waals surface area contributed by atoms with Crippen LogP contribution in [0.3, 0.4) is 0 Å². The Kier molecular flexibility index (Phi) is 5.51. The van der Waals surface area contributed by atoms with Crippen molar-refractivity contribution in [2.24, 2.45) is 5.41 Å². The summed E-state index contributed by atoms with van der Waals surface area (Å²) in [6, 6.07) is 5.22. The Hall–Kier alpha value is -1.62. The molecule has 1 atom stereocenters. The van der Waals surface area contributed by atoms with Crippen molar-refractivity contribution in [1.29, 1.82) is 0 Å². The van der Waals surface area contributed by atoms with Gasteiger partial charge in [0.05, 0.1) is 18.1 Å². The first kappa shape index (κ1) is 16.4. The third kappa shape index (κ3) is 4.20. The number of methoxy groups -OCH3 is 1. The van der Waals surface area contributed by atoms with Gasteiger partial charge in [-0.05, 0) is 30.5 Å². The van der Waals surface area contributed by atoms with E-state index in [0.29, 0.717) is 12.2 Å². The van der Waals surface area contributed by atoms with Crippen molar-refractivity contribution >= 4 is 5.69 Å². The molecule has 0 aliphatic carbocycles. The molecule has 1 unspecified atom stereocenters. The first-order valence-electron chi connectivity index (χ1n) is 6.84. The number of nitrogens with one attached hydrogen (secondary N) is 1. The van der Waals surface area contributed by atoms with Gasteiger partial charge < -0.3 is 10.1 Å². The molecule has 20 heavy (non-hydrogen) atoms. The van der Waals surface area contributed by atoms with Crippen LogP contribution in [-0.2, 0) is 6.42 Å². The predicted molar refractivity (Wildman–Crippen MR) is 80.3 cm³/mol. The molecule has 5 heteroatoms. The summed E-state index contributed by atoms with van der Waals surface area (Å²) in [6.07, 6.45) is 0.623. The van der Waals surface area contributed by atoms with Crippen molar-refractivity contribution < 1.29 is 9.66 Å². The van der Waals surface area contributed by atoms with Crippen molar-refractivity contribution in [2.45, 2.75) is 40.2 Å². The van der Waals surface area contributed by atoms with E-state index in [1.165, 1.54) is 13.2 Å². The molecule has 0 bridgehead atoms. The molecule has 0 heterocycles. The summed E-state index contributed by atoms with van der Waals surface area (Å²) in [5.74, 6) is 0.510. The summed E-state index contributed by atoms with van der Waals surface area (Å²) in [5.41, 5.74) is 0.886. The topological polar surface area (TPSA) is 64.4 Å². The van der Waals surface area contributed by atoms with Crippen LogP contribution < -0.4 is 10.1 Å². The van der Waals surface area contributed by atoms with Gasteiger partial charge in [-0.1, -0.05) is 27.7 Å². The molecule has 0 amide bonds. The molecule has 1 aromatic carbocycles. The van der Waals surface area contributed by atoms with Gasteiger partial charge in [-0.25, -0.2) is 0 Å². The third-order valence-electron chi connectivity index (χ3n) is 3.41. The molecule has 0 radical (unpaired) electrons. The Labute approximate surface area is 120 Å². The van der Waals surface area contributed by atoms with Gasteiger partial charge >= 0.3 is 0 Å². The highest BCUT2D eigenvalue weighted by molar-refractivity contribution is 5.46. The molecule has 0 spiro atoms. The molecule has 0 fully saturated rings. The van der Waals surface area contributed by atoms with E-state index in [4.69, 9.17) is 4.74 Å². The van der Waals surface area contributed by atoms with E-state index >= 15 is 0 Å². The second-order valence-electron chi connectivity index (χ2n) is 5.93. The lowest BCUT2D eigenvalue weighted by atomic mass is 9.82. The van der Waals surface area contributed by atoms with Crippen molar-refractivity contribution in [1.82, 2.24) is 5.32 Å². The number of hydrogen-bond acceptors (Lipinski definition) is 4. The van der Waals surface area contributed by atoms with Crippen molar-refractivity contribution in [3.63, 3.8) is 0 Å². The summed E-state index contributed by atoms with van der Waals surface area (Å²) >= 11 is 0. The highest BCUT2D eigenvalue weighted by atomic mass is 16.6. The van der Waals surface area contributed by atoms with E-state index in [1.54, 1.807) is 12.1 Å². The fourth-order valence-corrected chi connectivity index (χ4v) is 2.16. The molecule has 0 saturated heterocycles. The van der Waals surface area contributed by atoms with E-state index in [1.807, 2.05) is 6.92 Å². The summed E-state index contributed by atoms with van der Waals surface area (Å²) in [5, 5.41) is 14.6. The van der Waals surface area contributed by atoms with Gasteiger partial charge in [0.25, 0.3) is 5.69 Å². The van der Waals surface area contributed by atoms with Crippen LogP contribution in [0.4, 0.5) is 5.69 Å². The van der Waals surface area contributed by atoms with E-state index in [-0.39, 0.29) is 22.1 Å². The first-order valence-corrected chi connectivity index (χ1v) is 6.84. The third-order valence-corrected chi connectivity index (χ3v) is 3.41. The zero-order chi connectivity index (χ0) is 15.3. The Balaban J connectivity index is 3.09. The van der Waals surface area contributed by atoms with Crippen LogP contribution in [0.2, 0.25) is 0 Å². The van der Waals surface area contributed by atoms with Crippen LogP contribution in [0.1, 0.15) is 33.3 Å². The molecule has 0 saturated carbocycles. The zero-order valence-corrected chi connectivity index (χ0v) is 12.9. The van der Waals surface area contributed by atoms with Crippen LogP contribution in [0.25, 0.3) is 0 Å². The van der Waals surface area contributed by atoms with Crippen LogP contribution >= 0.6 is 0 Å². The Morgan fingerprint density at radius 3 is 2.50 bits per heavy atom. The lowest BCUT2D eigenvalue weighted by Crippen LogP contribution is -2.42. The molecule has 0 aromatic heterocycles. The van der Waals surface area contributed by atoms with Gasteiger partial charge in [0, 0.05) is 11.6 Å². The van der Waals surface area contributed by atoms with Crippen LogP contribution in [0.5, 0.6) is 5.75 Å². The van der Waals surface area contributed by atoms with Crippen molar-refractivity contribution in [2.75, 3.05) is 13.7 Å². The number of nitro groups is 1. The minimum Gasteiger partial charge on any atom is -0.497 e. The molecule has 112 valence electrons. The largest absolute Gasteiger partial charge is 0.497 e. The SMILES string of the molecule is CCNC(Cc1ccc(OC)cc1[N+](=O)[O-])C(C)(C)C. The molecule has 1 N–H and O–H groups in total. The number of likely N-dealkylation sites (N-methyl/N-ethyl adjacent to an activating group) is 1. The maximum atomic E-state index is 11.2. The number of hydrogen-bond donors (Lipinski definition) is 1. The van der Waals surface area contributed by atoms with Gasteiger partial charge in [0.2, 0.25) is 0 Å². The lowest BCUT2D eigenvalue weighted by molar-refractivity contribution is -0.385. The van der Waals surface area contributed by atoms with Crippen LogP contribution in [0, 0.1) is 15.5 Å². The monoisotopic (exact) mass is 280 g/mol. The van der Waals surface area contributed by atoms with Crippen LogP contribution in [-0.4, -0.2) is 24.6 Å². The highest BCUT2D eigenvalue weighted by Crippen LogP contribution is 2.29. The number of ether oxygens (including phenoxy) is 1. The number of nitrogens with zero attached hydrogens (tertiary/aromatic N) is 1. The summed E-state index contributed by atoms with van der Waals surface area (Å²) < 4.78 is 5.06. The van der Waals surface area contributed by atoms with E-state index in [2.05, 4.69) is 26.1 Å². The van der Waals surface area contributed by atoms with Gasteiger partial charge in [0.1, 0.15) is 5.75 Å². The minimum atomic E-state index is -0.344. The van der Waals surface area contributed by atoms with Gasteiger partial charge in [-0.3, -0.25) is 10.1 Å². The summed E-state index contributed by atoms with van der Waals surface area (Å²) in [7, 11) is 1.51. The highest BCUT2D eigenvalue weighted by Gasteiger charge is 2.27. The summed E-state index contributed by atoms with van der Waals surface area (Å²) in [4.78, 5) is 10.9. The molecule has 0 aliphatic heterocycles. The molecule has 5 nitrogen and oxygen atoms in total.